The summed E-state index contributed by atoms with van der Waals surface area (Å²) in [5.74, 6) is 1.54. The maximum Gasteiger partial charge on any atom is 0.229 e. The van der Waals surface area contributed by atoms with E-state index in [1.165, 1.54) is 32.1 Å². The molecule has 6 heteroatoms. The standard InChI is InChI=1S/C21H28N4O2/c26-21(19-13-23-24-20(19)17-5-2-1-3-6-17)25(15-18-7-4-12-27-18)14-16-8-10-22-11-9-16/h4,7-12,17,19-20,23-24H,1-3,5-6,13-15H2. The van der Waals surface area contributed by atoms with E-state index in [1.54, 1.807) is 18.7 Å². The van der Waals surface area contributed by atoms with E-state index >= 15 is 0 Å². The van der Waals surface area contributed by atoms with Gasteiger partial charge in [0.05, 0.1) is 18.7 Å². The Hall–Kier alpha value is -2.18. The van der Waals surface area contributed by atoms with Crippen LogP contribution in [-0.2, 0) is 17.9 Å². The van der Waals surface area contributed by atoms with Crippen molar-refractivity contribution >= 4 is 5.91 Å². The molecule has 2 aromatic heterocycles. The molecule has 0 radical (unpaired) electrons. The molecule has 144 valence electrons. The number of aromatic nitrogens is 1. The van der Waals surface area contributed by atoms with Crippen LogP contribution in [0.5, 0.6) is 0 Å². The number of amides is 1. The van der Waals surface area contributed by atoms with Gasteiger partial charge < -0.3 is 9.32 Å². The maximum absolute atomic E-state index is 13.5. The summed E-state index contributed by atoms with van der Waals surface area (Å²) in [5, 5.41) is 0. The van der Waals surface area contributed by atoms with Crippen molar-refractivity contribution in [1.82, 2.24) is 20.7 Å². The molecular formula is C21H28N4O2. The molecule has 2 unspecified atom stereocenters. The minimum Gasteiger partial charge on any atom is -0.467 e. The molecule has 27 heavy (non-hydrogen) atoms. The van der Waals surface area contributed by atoms with Gasteiger partial charge in [-0.2, -0.15) is 0 Å². The Morgan fingerprint density at radius 3 is 2.70 bits per heavy atom. The number of nitrogens with zero attached hydrogens (tertiary/aromatic N) is 2. The van der Waals surface area contributed by atoms with Gasteiger partial charge in [-0.15, -0.1) is 0 Å². The third kappa shape index (κ3) is 4.39. The summed E-state index contributed by atoms with van der Waals surface area (Å²) in [7, 11) is 0. The van der Waals surface area contributed by atoms with Gasteiger partial charge in [-0.25, -0.2) is 0 Å². The van der Waals surface area contributed by atoms with Crippen molar-refractivity contribution in [2.45, 2.75) is 51.2 Å². The van der Waals surface area contributed by atoms with Crippen molar-refractivity contribution in [2.75, 3.05) is 6.54 Å². The fraction of sp³-hybridized carbons (Fsp3) is 0.524. The lowest BCUT2D eigenvalue weighted by Gasteiger charge is -2.33. The van der Waals surface area contributed by atoms with Crippen molar-refractivity contribution < 1.29 is 9.21 Å². The van der Waals surface area contributed by atoms with E-state index < -0.39 is 0 Å². The molecule has 6 nitrogen and oxygen atoms in total. The van der Waals surface area contributed by atoms with Crippen molar-refractivity contribution in [2.24, 2.45) is 11.8 Å². The second-order valence-electron chi connectivity index (χ2n) is 7.68. The van der Waals surface area contributed by atoms with Crippen LogP contribution in [0, 0.1) is 11.8 Å². The molecule has 0 bridgehead atoms. The molecule has 2 aromatic rings. The number of hydrazine groups is 1. The average Bonchev–Trinajstić information content (AvgIpc) is 3.40. The molecule has 1 aliphatic heterocycles. The fourth-order valence-corrected chi connectivity index (χ4v) is 4.44. The molecule has 1 saturated heterocycles. The zero-order chi connectivity index (χ0) is 18.5. The molecule has 0 spiro atoms. The Balaban J connectivity index is 1.51. The lowest BCUT2D eigenvalue weighted by molar-refractivity contribution is -0.137. The summed E-state index contributed by atoms with van der Waals surface area (Å²) in [6.45, 7) is 1.74. The van der Waals surface area contributed by atoms with Crippen LogP contribution in [0.15, 0.2) is 47.3 Å². The van der Waals surface area contributed by atoms with Crippen molar-refractivity contribution in [1.29, 1.82) is 0 Å². The number of furan rings is 1. The van der Waals surface area contributed by atoms with Gasteiger partial charge in [0.1, 0.15) is 5.76 Å². The van der Waals surface area contributed by atoms with E-state index in [-0.39, 0.29) is 17.9 Å². The first kappa shape index (κ1) is 18.2. The minimum atomic E-state index is -0.0371. The number of nitrogens with one attached hydrogen (secondary N) is 2. The molecule has 2 aliphatic rings. The summed E-state index contributed by atoms with van der Waals surface area (Å²) < 4.78 is 5.52. The maximum atomic E-state index is 13.5. The van der Waals surface area contributed by atoms with E-state index in [0.717, 1.165) is 11.3 Å². The van der Waals surface area contributed by atoms with Crippen molar-refractivity contribution in [3.05, 3.63) is 54.2 Å². The zero-order valence-corrected chi connectivity index (χ0v) is 15.6. The van der Waals surface area contributed by atoms with Gasteiger partial charge in [-0.3, -0.25) is 20.6 Å². The van der Waals surface area contributed by atoms with E-state index in [2.05, 4.69) is 15.8 Å². The topological polar surface area (TPSA) is 70.4 Å². The highest BCUT2D eigenvalue weighted by atomic mass is 16.3. The van der Waals surface area contributed by atoms with Gasteiger partial charge in [0.15, 0.2) is 0 Å². The van der Waals surface area contributed by atoms with Gasteiger partial charge in [0, 0.05) is 31.5 Å². The lowest BCUT2D eigenvalue weighted by atomic mass is 9.79. The Kier molecular flexibility index (Phi) is 5.84. The van der Waals surface area contributed by atoms with E-state index in [1.807, 2.05) is 29.2 Å². The quantitative estimate of drug-likeness (QED) is 0.820. The summed E-state index contributed by atoms with van der Waals surface area (Å²) in [4.78, 5) is 19.5. The molecule has 3 heterocycles. The molecule has 1 amide bonds. The smallest absolute Gasteiger partial charge is 0.229 e. The second kappa shape index (κ2) is 8.67. The Bertz CT molecular complexity index is 713. The molecule has 4 rings (SSSR count). The van der Waals surface area contributed by atoms with Crippen LogP contribution < -0.4 is 10.9 Å². The summed E-state index contributed by atoms with van der Waals surface area (Å²) in [6.07, 6.45) is 11.5. The second-order valence-corrected chi connectivity index (χ2v) is 7.68. The predicted molar refractivity (Wildman–Crippen MR) is 102 cm³/mol. The van der Waals surface area contributed by atoms with Crippen LogP contribution in [0.25, 0.3) is 0 Å². The monoisotopic (exact) mass is 368 g/mol. The van der Waals surface area contributed by atoms with Gasteiger partial charge in [0.25, 0.3) is 0 Å². The van der Waals surface area contributed by atoms with Gasteiger partial charge >= 0.3 is 0 Å². The lowest BCUT2D eigenvalue weighted by Crippen LogP contribution is -2.45. The van der Waals surface area contributed by atoms with Crippen LogP contribution in [0.3, 0.4) is 0 Å². The Labute approximate surface area is 160 Å². The third-order valence-electron chi connectivity index (χ3n) is 5.86. The summed E-state index contributed by atoms with van der Waals surface area (Å²) in [6, 6.07) is 7.94. The van der Waals surface area contributed by atoms with Crippen molar-refractivity contribution in [3.8, 4) is 0 Å². The number of hydrogen-bond donors (Lipinski definition) is 2. The largest absolute Gasteiger partial charge is 0.467 e. The number of carbonyl (C=O) groups excluding carboxylic acids is 1. The highest BCUT2D eigenvalue weighted by Gasteiger charge is 2.40. The van der Waals surface area contributed by atoms with E-state index in [0.29, 0.717) is 25.6 Å². The van der Waals surface area contributed by atoms with Crippen LogP contribution >= 0.6 is 0 Å². The number of carbonyl (C=O) groups is 1. The molecule has 2 N–H and O–H groups in total. The first-order chi connectivity index (χ1) is 13.3. The molecule has 2 atom stereocenters. The van der Waals surface area contributed by atoms with E-state index in [4.69, 9.17) is 4.42 Å². The Morgan fingerprint density at radius 2 is 1.96 bits per heavy atom. The summed E-state index contributed by atoms with van der Waals surface area (Å²) in [5.41, 5.74) is 7.73. The molecular weight excluding hydrogens is 340 g/mol. The van der Waals surface area contributed by atoms with Gasteiger partial charge in [0.2, 0.25) is 5.91 Å². The summed E-state index contributed by atoms with van der Waals surface area (Å²) >= 11 is 0. The zero-order valence-electron chi connectivity index (χ0n) is 15.6. The van der Waals surface area contributed by atoms with Crippen LogP contribution in [0.4, 0.5) is 0 Å². The predicted octanol–water partition coefficient (Wildman–Crippen LogP) is 2.88. The number of rotatable bonds is 6. The molecule has 1 saturated carbocycles. The normalized spacial score (nSPS) is 23.4. The van der Waals surface area contributed by atoms with Gasteiger partial charge in [-0.05, 0) is 48.6 Å². The highest BCUT2D eigenvalue weighted by molar-refractivity contribution is 5.80. The SMILES string of the molecule is O=C(C1CNNC1C1CCCCC1)N(Cc1ccncc1)Cc1ccco1. The first-order valence-electron chi connectivity index (χ1n) is 10.00. The van der Waals surface area contributed by atoms with Crippen LogP contribution in [-0.4, -0.2) is 28.4 Å². The fourth-order valence-electron chi connectivity index (χ4n) is 4.44. The molecule has 0 aromatic carbocycles. The minimum absolute atomic E-state index is 0.0371. The first-order valence-corrected chi connectivity index (χ1v) is 10.00. The van der Waals surface area contributed by atoms with Crippen LogP contribution in [0.2, 0.25) is 0 Å². The number of hydrogen-bond acceptors (Lipinski definition) is 5. The molecule has 2 fully saturated rings. The Morgan fingerprint density at radius 1 is 1.15 bits per heavy atom. The van der Waals surface area contributed by atoms with Gasteiger partial charge in [-0.1, -0.05) is 19.3 Å². The molecule has 1 aliphatic carbocycles. The van der Waals surface area contributed by atoms with Crippen LogP contribution in [0.1, 0.15) is 43.4 Å². The average molecular weight is 368 g/mol. The third-order valence-corrected chi connectivity index (χ3v) is 5.86. The highest BCUT2D eigenvalue weighted by Crippen LogP contribution is 2.32. The number of pyridine rings is 1. The van der Waals surface area contributed by atoms with E-state index in [9.17, 15) is 4.79 Å². The van der Waals surface area contributed by atoms with Crippen molar-refractivity contribution in [3.63, 3.8) is 0 Å².